The zero-order chi connectivity index (χ0) is 21.8. The van der Waals surface area contributed by atoms with Gasteiger partial charge in [-0.05, 0) is 42.7 Å². The Morgan fingerprint density at radius 2 is 1.74 bits per heavy atom. The maximum absolute atomic E-state index is 13.3. The minimum absolute atomic E-state index is 0.0625. The van der Waals surface area contributed by atoms with E-state index >= 15 is 0 Å². The van der Waals surface area contributed by atoms with Crippen molar-refractivity contribution in [2.45, 2.75) is 57.5 Å². The Balaban J connectivity index is 1.64. The molecule has 4 rings (SSSR count). The van der Waals surface area contributed by atoms with Gasteiger partial charge >= 0.3 is 0 Å². The van der Waals surface area contributed by atoms with Crippen LogP contribution in [0.3, 0.4) is 0 Å². The molecule has 1 amide bonds. The van der Waals surface area contributed by atoms with Gasteiger partial charge in [0.1, 0.15) is 11.5 Å². The Bertz CT molecular complexity index is 936. The molecular weight excluding hydrogens is 410 g/mol. The quantitative estimate of drug-likeness (QED) is 0.604. The van der Waals surface area contributed by atoms with E-state index in [0.29, 0.717) is 10.7 Å². The number of ether oxygens (including phenoxy) is 1. The number of hydrogen-bond acceptors (Lipinski definition) is 4. The van der Waals surface area contributed by atoms with Crippen molar-refractivity contribution in [1.82, 2.24) is 5.32 Å². The number of nitrogens with one attached hydrogen (secondary N) is 1. The normalized spacial score (nSPS) is 22.0. The third-order valence-electron chi connectivity index (χ3n) is 6.36. The largest absolute Gasteiger partial charge is 0.497 e. The van der Waals surface area contributed by atoms with Crippen LogP contribution in [0.25, 0.3) is 0 Å². The summed E-state index contributed by atoms with van der Waals surface area (Å²) in [5.74, 6) is 0.647. The van der Waals surface area contributed by atoms with Crippen LogP contribution in [0.15, 0.2) is 53.6 Å². The maximum Gasteiger partial charge on any atom is 0.268 e. The van der Waals surface area contributed by atoms with Gasteiger partial charge in [-0.2, -0.15) is 5.10 Å². The average molecular weight is 440 g/mol. The molecule has 31 heavy (non-hydrogen) atoms. The minimum atomic E-state index is -0.124. The number of hydrogen-bond donors (Lipinski definition) is 1. The molecule has 0 bridgehead atoms. The fourth-order valence-electron chi connectivity index (χ4n) is 4.64. The minimum Gasteiger partial charge on any atom is -0.497 e. The highest BCUT2D eigenvalue weighted by Crippen LogP contribution is 2.42. The van der Waals surface area contributed by atoms with Gasteiger partial charge in [-0.1, -0.05) is 68.5 Å². The zero-order valence-electron chi connectivity index (χ0n) is 18.2. The first-order valence-corrected chi connectivity index (χ1v) is 11.5. The van der Waals surface area contributed by atoms with E-state index in [1.165, 1.54) is 25.7 Å². The monoisotopic (exact) mass is 439 g/mol. The maximum atomic E-state index is 13.3. The predicted molar refractivity (Wildman–Crippen MR) is 126 cm³/mol. The van der Waals surface area contributed by atoms with Crippen molar-refractivity contribution in [2.24, 2.45) is 11.0 Å². The summed E-state index contributed by atoms with van der Waals surface area (Å²) in [6.07, 6.45) is 6.95. The number of benzene rings is 2. The first kappa shape index (κ1) is 21.7. The second-order valence-corrected chi connectivity index (χ2v) is 8.86. The van der Waals surface area contributed by atoms with E-state index < -0.39 is 0 Å². The Morgan fingerprint density at radius 1 is 1.06 bits per heavy atom. The summed E-state index contributed by atoms with van der Waals surface area (Å²) in [7, 11) is 1.66. The Hall–Kier alpha value is -2.53. The van der Waals surface area contributed by atoms with Gasteiger partial charge in [0, 0.05) is 12.0 Å². The standard InChI is InChI=1S/C25H30ClN3O2/c1-17-23(25(30)27-19-9-5-3-4-6-10-19)28-29(22-12-8-7-11-21(22)26)24(17)18-13-15-20(31-2)16-14-18/h7-8,11-17,19,24H,3-6,9-10H2,1-2H3,(H,27,30). The highest BCUT2D eigenvalue weighted by atomic mass is 35.5. The molecule has 2 aromatic carbocycles. The molecule has 0 saturated heterocycles. The molecule has 5 nitrogen and oxygen atoms in total. The molecule has 0 spiro atoms. The van der Waals surface area contributed by atoms with E-state index in [1.54, 1.807) is 7.11 Å². The summed E-state index contributed by atoms with van der Waals surface area (Å²) in [6.45, 7) is 2.07. The summed E-state index contributed by atoms with van der Waals surface area (Å²) in [6, 6.07) is 15.7. The third kappa shape index (κ3) is 4.72. The summed E-state index contributed by atoms with van der Waals surface area (Å²) in [4.78, 5) is 13.3. The molecule has 1 N–H and O–H groups in total. The first-order valence-electron chi connectivity index (χ1n) is 11.2. The molecule has 1 fully saturated rings. The molecule has 1 aliphatic heterocycles. The first-order chi connectivity index (χ1) is 15.1. The van der Waals surface area contributed by atoms with Gasteiger partial charge < -0.3 is 10.1 Å². The van der Waals surface area contributed by atoms with E-state index in [0.717, 1.165) is 29.8 Å². The number of methoxy groups -OCH3 is 1. The van der Waals surface area contributed by atoms with Crippen LogP contribution >= 0.6 is 11.6 Å². The lowest BCUT2D eigenvalue weighted by Gasteiger charge is -2.27. The van der Waals surface area contributed by atoms with Crippen molar-refractivity contribution in [1.29, 1.82) is 0 Å². The highest BCUT2D eigenvalue weighted by Gasteiger charge is 2.40. The van der Waals surface area contributed by atoms with Gasteiger partial charge in [-0.3, -0.25) is 9.80 Å². The van der Waals surface area contributed by atoms with E-state index in [9.17, 15) is 4.79 Å². The van der Waals surface area contributed by atoms with E-state index in [4.69, 9.17) is 21.4 Å². The van der Waals surface area contributed by atoms with Gasteiger partial charge in [0.25, 0.3) is 5.91 Å². The second kappa shape index (κ2) is 9.73. The summed E-state index contributed by atoms with van der Waals surface area (Å²) >= 11 is 6.52. The molecule has 2 aliphatic rings. The molecule has 6 heteroatoms. The fraction of sp³-hybridized carbons (Fsp3) is 0.440. The van der Waals surface area contributed by atoms with E-state index in [-0.39, 0.29) is 23.9 Å². The van der Waals surface area contributed by atoms with Gasteiger partial charge in [0.15, 0.2) is 0 Å². The molecule has 1 saturated carbocycles. The number of para-hydroxylation sites is 1. The summed E-state index contributed by atoms with van der Waals surface area (Å²) in [5.41, 5.74) is 2.42. The number of anilines is 1. The molecule has 0 radical (unpaired) electrons. The third-order valence-corrected chi connectivity index (χ3v) is 6.68. The van der Waals surface area contributed by atoms with Crippen molar-refractivity contribution in [2.75, 3.05) is 12.1 Å². The molecular formula is C25H30ClN3O2. The van der Waals surface area contributed by atoms with Crippen LogP contribution < -0.4 is 15.1 Å². The molecule has 0 aromatic heterocycles. The average Bonchev–Trinajstić information content (AvgIpc) is 2.94. The van der Waals surface area contributed by atoms with Crippen molar-refractivity contribution >= 4 is 28.9 Å². The number of amides is 1. The topological polar surface area (TPSA) is 53.9 Å². The lowest BCUT2D eigenvalue weighted by atomic mass is 9.90. The smallest absolute Gasteiger partial charge is 0.268 e. The van der Waals surface area contributed by atoms with Gasteiger partial charge in [0.2, 0.25) is 0 Å². The summed E-state index contributed by atoms with van der Waals surface area (Å²) < 4.78 is 5.32. The molecule has 2 atom stereocenters. The van der Waals surface area contributed by atoms with Crippen molar-refractivity contribution < 1.29 is 9.53 Å². The van der Waals surface area contributed by atoms with Crippen molar-refractivity contribution in [3.8, 4) is 5.75 Å². The molecule has 2 unspecified atom stereocenters. The molecule has 2 aromatic rings. The van der Waals surface area contributed by atoms with Crippen LogP contribution in [0.1, 0.15) is 57.1 Å². The van der Waals surface area contributed by atoms with E-state index in [2.05, 4.69) is 12.2 Å². The number of rotatable bonds is 5. The van der Waals surface area contributed by atoms with Crippen LogP contribution in [-0.4, -0.2) is 24.8 Å². The Kier molecular flexibility index (Phi) is 6.81. The van der Waals surface area contributed by atoms with Crippen LogP contribution in [-0.2, 0) is 4.79 Å². The number of hydrazone groups is 1. The number of nitrogens with zero attached hydrogens (tertiary/aromatic N) is 2. The SMILES string of the molecule is COc1ccc(C2C(C)C(C(=O)NC3CCCCCC3)=NN2c2ccccc2Cl)cc1. The van der Waals surface area contributed by atoms with Crippen LogP contribution in [0.2, 0.25) is 5.02 Å². The van der Waals surface area contributed by atoms with Gasteiger partial charge in [-0.15, -0.1) is 0 Å². The molecule has 1 heterocycles. The van der Waals surface area contributed by atoms with Crippen LogP contribution in [0.5, 0.6) is 5.75 Å². The highest BCUT2D eigenvalue weighted by molar-refractivity contribution is 6.40. The van der Waals surface area contributed by atoms with E-state index in [1.807, 2.05) is 53.5 Å². The Morgan fingerprint density at radius 3 is 2.39 bits per heavy atom. The van der Waals surface area contributed by atoms with Crippen LogP contribution in [0.4, 0.5) is 5.69 Å². The molecule has 1 aliphatic carbocycles. The van der Waals surface area contributed by atoms with Gasteiger partial charge in [-0.25, -0.2) is 0 Å². The lowest BCUT2D eigenvalue weighted by molar-refractivity contribution is -0.115. The zero-order valence-corrected chi connectivity index (χ0v) is 18.9. The molecule has 164 valence electrons. The number of halogens is 1. The summed E-state index contributed by atoms with van der Waals surface area (Å²) in [5, 5.41) is 10.6. The predicted octanol–water partition coefficient (Wildman–Crippen LogP) is 5.74. The Labute approximate surface area is 189 Å². The van der Waals surface area contributed by atoms with Crippen molar-refractivity contribution in [3.63, 3.8) is 0 Å². The second-order valence-electron chi connectivity index (χ2n) is 8.45. The van der Waals surface area contributed by atoms with Gasteiger partial charge in [0.05, 0.1) is 23.9 Å². The lowest BCUT2D eigenvalue weighted by Crippen LogP contribution is -2.40. The van der Waals surface area contributed by atoms with Crippen LogP contribution in [0, 0.1) is 5.92 Å². The fourth-order valence-corrected chi connectivity index (χ4v) is 4.86. The van der Waals surface area contributed by atoms with Crippen molar-refractivity contribution in [3.05, 3.63) is 59.1 Å². The number of carbonyl (C=O) groups is 1. The number of carbonyl (C=O) groups excluding carboxylic acids is 1.